The number of aryl methyl sites for hydroxylation is 2. The minimum Gasteiger partial charge on any atom is -0.326 e. The van der Waals surface area contributed by atoms with Crippen molar-refractivity contribution in [2.45, 2.75) is 27.2 Å². The molecule has 1 amide bonds. The fourth-order valence-corrected chi connectivity index (χ4v) is 3.10. The Kier molecular flexibility index (Phi) is 4.54. The van der Waals surface area contributed by atoms with Gasteiger partial charge in [0.15, 0.2) is 0 Å². The zero-order chi connectivity index (χ0) is 17.3. The summed E-state index contributed by atoms with van der Waals surface area (Å²) >= 11 is 6.11. The smallest absolute Gasteiger partial charge is 0.228 e. The van der Waals surface area contributed by atoms with Crippen molar-refractivity contribution in [2.24, 2.45) is 0 Å². The van der Waals surface area contributed by atoms with Gasteiger partial charge in [0.25, 0.3) is 0 Å². The molecule has 1 N–H and O–H groups in total. The Bertz CT molecular complexity index is 934. The number of hydrogen-bond donors (Lipinski definition) is 1. The monoisotopic (exact) mass is 338 g/mol. The van der Waals surface area contributed by atoms with Gasteiger partial charge in [-0.1, -0.05) is 35.9 Å². The molecule has 3 rings (SSSR count). The Hall–Kier alpha value is -2.39. The summed E-state index contributed by atoms with van der Waals surface area (Å²) in [6, 6.07) is 13.5. The average molecular weight is 339 g/mol. The molecule has 4 heteroatoms. The van der Waals surface area contributed by atoms with E-state index in [9.17, 15) is 4.79 Å². The van der Waals surface area contributed by atoms with Crippen LogP contribution in [0.1, 0.15) is 22.4 Å². The van der Waals surface area contributed by atoms with Gasteiger partial charge in [0.05, 0.1) is 11.9 Å². The van der Waals surface area contributed by atoms with Crippen LogP contribution in [0.15, 0.2) is 42.5 Å². The van der Waals surface area contributed by atoms with Crippen LogP contribution in [-0.2, 0) is 11.2 Å². The number of aromatic nitrogens is 1. The van der Waals surface area contributed by atoms with E-state index < -0.39 is 0 Å². The number of halogens is 1. The average Bonchev–Trinajstić information content (AvgIpc) is 2.56. The van der Waals surface area contributed by atoms with Gasteiger partial charge in [-0.05, 0) is 55.7 Å². The molecule has 3 nitrogen and oxygen atoms in total. The number of pyridine rings is 1. The second-order valence-electron chi connectivity index (χ2n) is 5.96. The van der Waals surface area contributed by atoms with E-state index in [1.165, 1.54) is 0 Å². The lowest BCUT2D eigenvalue weighted by atomic mass is 9.99. The Balaban J connectivity index is 1.89. The van der Waals surface area contributed by atoms with Crippen LogP contribution in [0.2, 0.25) is 5.02 Å². The molecule has 0 aliphatic heterocycles. The molecular weight excluding hydrogens is 320 g/mol. The maximum Gasteiger partial charge on any atom is 0.228 e. The van der Waals surface area contributed by atoms with Crippen molar-refractivity contribution >= 4 is 34.1 Å². The molecular formula is C20H19ClN2O. The van der Waals surface area contributed by atoms with Gasteiger partial charge in [-0.3, -0.25) is 9.78 Å². The first-order valence-electron chi connectivity index (χ1n) is 7.87. The molecule has 0 radical (unpaired) electrons. The number of nitrogens with one attached hydrogen (secondary N) is 1. The molecule has 1 aromatic heterocycles. The number of carbonyl (C=O) groups is 1. The van der Waals surface area contributed by atoms with E-state index in [-0.39, 0.29) is 5.91 Å². The summed E-state index contributed by atoms with van der Waals surface area (Å²) in [6.07, 6.45) is 0.293. The van der Waals surface area contributed by atoms with Crippen LogP contribution in [0.3, 0.4) is 0 Å². The predicted molar refractivity (Wildman–Crippen MR) is 99.7 cm³/mol. The number of anilines is 1. The first kappa shape index (κ1) is 16.5. The predicted octanol–water partition coefficient (Wildman–Crippen LogP) is 4.99. The zero-order valence-electron chi connectivity index (χ0n) is 14.0. The normalized spacial score (nSPS) is 10.8. The number of benzene rings is 2. The second-order valence-corrected chi connectivity index (χ2v) is 6.36. The number of carbonyl (C=O) groups excluding carboxylic acids is 1. The fraction of sp³-hybridized carbons (Fsp3) is 0.200. The molecule has 0 spiro atoms. The Labute approximate surface area is 146 Å². The van der Waals surface area contributed by atoms with Crippen molar-refractivity contribution in [3.63, 3.8) is 0 Å². The highest BCUT2D eigenvalue weighted by molar-refractivity contribution is 6.31. The van der Waals surface area contributed by atoms with E-state index in [0.717, 1.165) is 39.0 Å². The molecule has 122 valence electrons. The van der Waals surface area contributed by atoms with Crippen molar-refractivity contribution in [1.82, 2.24) is 4.98 Å². The largest absolute Gasteiger partial charge is 0.326 e. The number of fused-ring (bicyclic) bond motifs is 1. The topological polar surface area (TPSA) is 42.0 Å². The standard InChI is InChI=1S/C20H19ClN2O/c1-12-15-7-4-5-9-19(15)22-14(3)16(12)11-20(24)23-18-10-6-8-17(21)13(18)2/h4-10H,11H2,1-3H3,(H,23,24). The van der Waals surface area contributed by atoms with Gasteiger partial charge in [-0.15, -0.1) is 0 Å². The third-order valence-electron chi connectivity index (χ3n) is 4.36. The second kappa shape index (κ2) is 6.62. The molecule has 3 aromatic rings. The first-order valence-corrected chi connectivity index (χ1v) is 8.25. The summed E-state index contributed by atoms with van der Waals surface area (Å²) in [5.41, 5.74) is 5.56. The van der Waals surface area contributed by atoms with Crippen LogP contribution < -0.4 is 5.32 Å². The van der Waals surface area contributed by atoms with Gasteiger partial charge in [0.1, 0.15) is 0 Å². The molecule has 1 heterocycles. The fourth-order valence-electron chi connectivity index (χ4n) is 2.93. The molecule has 0 fully saturated rings. The summed E-state index contributed by atoms with van der Waals surface area (Å²) in [4.78, 5) is 17.1. The molecule has 0 bridgehead atoms. The number of rotatable bonds is 3. The number of para-hydroxylation sites is 1. The Morgan fingerprint density at radius 2 is 1.79 bits per heavy atom. The van der Waals surface area contributed by atoms with Crippen molar-refractivity contribution in [3.8, 4) is 0 Å². The molecule has 0 saturated carbocycles. The lowest BCUT2D eigenvalue weighted by molar-refractivity contribution is -0.115. The maximum absolute atomic E-state index is 12.5. The van der Waals surface area contributed by atoms with Crippen molar-refractivity contribution in [1.29, 1.82) is 0 Å². The number of nitrogens with zero attached hydrogens (tertiary/aromatic N) is 1. The van der Waals surface area contributed by atoms with E-state index in [2.05, 4.69) is 10.3 Å². The summed E-state index contributed by atoms with van der Waals surface area (Å²) in [5, 5.41) is 4.68. The van der Waals surface area contributed by atoms with E-state index >= 15 is 0 Å². The van der Waals surface area contributed by atoms with Gasteiger partial charge in [0, 0.05) is 21.8 Å². The van der Waals surface area contributed by atoms with Crippen LogP contribution in [-0.4, -0.2) is 10.9 Å². The third-order valence-corrected chi connectivity index (χ3v) is 4.77. The minimum atomic E-state index is -0.0661. The SMILES string of the molecule is Cc1nc2ccccc2c(C)c1CC(=O)Nc1cccc(Cl)c1C. The highest BCUT2D eigenvalue weighted by atomic mass is 35.5. The number of amides is 1. The van der Waals surface area contributed by atoms with Crippen LogP contribution in [0.5, 0.6) is 0 Å². The highest BCUT2D eigenvalue weighted by Gasteiger charge is 2.14. The minimum absolute atomic E-state index is 0.0661. The highest BCUT2D eigenvalue weighted by Crippen LogP contribution is 2.25. The van der Waals surface area contributed by atoms with E-state index in [0.29, 0.717) is 11.4 Å². The quantitative estimate of drug-likeness (QED) is 0.730. The summed E-state index contributed by atoms with van der Waals surface area (Å²) in [5.74, 6) is -0.0661. The van der Waals surface area contributed by atoms with Crippen molar-refractivity contribution in [2.75, 3.05) is 5.32 Å². The molecule has 0 aliphatic rings. The van der Waals surface area contributed by atoms with Gasteiger partial charge in [0.2, 0.25) is 5.91 Å². The summed E-state index contributed by atoms with van der Waals surface area (Å²) in [7, 11) is 0. The molecule has 2 aromatic carbocycles. The van der Waals surface area contributed by atoms with Crippen LogP contribution in [0, 0.1) is 20.8 Å². The first-order chi connectivity index (χ1) is 11.5. The van der Waals surface area contributed by atoms with Gasteiger partial charge in [-0.25, -0.2) is 0 Å². The molecule has 0 saturated heterocycles. The number of hydrogen-bond acceptors (Lipinski definition) is 2. The summed E-state index contributed by atoms with van der Waals surface area (Å²) < 4.78 is 0. The zero-order valence-corrected chi connectivity index (χ0v) is 14.7. The maximum atomic E-state index is 12.5. The van der Waals surface area contributed by atoms with E-state index in [1.54, 1.807) is 0 Å². The Morgan fingerprint density at radius 1 is 1.04 bits per heavy atom. The molecule has 0 aliphatic carbocycles. The van der Waals surface area contributed by atoms with E-state index in [1.807, 2.05) is 63.2 Å². The third kappa shape index (κ3) is 3.13. The van der Waals surface area contributed by atoms with Crippen LogP contribution in [0.4, 0.5) is 5.69 Å². The summed E-state index contributed by atoms with van der Waals surface area (Å²) in [6.45, 7) is 5.89. The molecule has 0 atom stereocenters. The van der Waals surface area contributed by atoms with Crippen LogP contribution in [0.25, 0.3) is 10.9 Å². The van der Waals surface area contributed by atoms with E-state index in [4.69, 9.17) is 11.6 Å². The molecule has 0 unspecified atom stereocenters. The lowest BCUT2D eigenvalue weighted by Crippen LogP contribution is -2.17. The van der Waals surface area contributed by atoms with Crippen molar-refractivity contribution in [3.05, 3.63) is 69.9 Å². The van der Waals surface area contributed by atoms with Gasteiger partial charge < -0.3 is 5.32 Å². The van der Waals surface area contributed by atoms with Gasteiger partial charge >= 0.3 is 0 Å². The van der Waals surface area contributed by atoms with Crippen LogP contribution >= 0.6 is 11.6 Å². The molecule has 24 heavy (non-hydrogen) atoms. The van der Waals surface area contributed by atoms with Crippen molar-refractivity contribution < 1.29 is 4.79 Å². The lowest BCUT2D eigenvalue weighted by Gasteiger charge is -2.14. The Morgan fingerprint density at radius 3 is 2.58 bits per heavy atom. The van der Waals surface area contributed by atoms with Gasteiger partial charge in [-0.2, -0.15) is 0 Å².